The van der Waals surface area contributed by atoms with Gasteiger partial charge in [0, 0.05) is 0 Å². The van der Waals surface area contributed by atoms with Crippen molar-refractivity contribution in [1.82, 2.24) is 0 Å². The maximum atomic E-state index is 14.5. The number of carbonyl (C=O) groups excluding carboxylic acids is 1. The van der Waals surface area contributed by atoms with Crippen LogP contribution >= 0.6 is 11.8 Å². The largest absolute Gasteiger partial charge is 0.273 e. The molecule has 5 rings (SSSR count). The zero-order valence-corrected chi connectivity index (χ0v) is 19.2. The van der Waals surface area contributed by atoms with E-state index in [9.17, 15) is 4.79 Å². The van der Waals surface area contributed by atoms with E-state index in [0.717, 1.165) is 22.4 Å². The summed E-state index contributed by atoms with van der Waals surface area (Å²) in [5.41, 5.74) is 2.88. The monoisotopic (exact) mass is 448 g/mol. The molecule has 1 amide bonds. The molecule has 1 aliphatic rings. The molecule has 4 heteroatoms. The van der Waals surface area contributed by atoms with Gasteiger partial charge in [0.15, 0.2) is 5.17 Å². The van der Waals surface area contributed by atoms with E-state index >= 15 is 0 Å². The molecule has 1 heterocycles. The molecule has 0 N–H and O–H groups in total. The van der Waals surface area contributed by atoms with Crippen molar-refractivity contribution in [2.75, 3.05) is 11.2 Å². The molecular weight excluding hydrogens is 424 g/mol. The normalized spacial score (nSPS) is 17.5. The van der Waals surface area contributed by atoms with Crippen LogP contribution in [0.4, 0.5) is 5.69 Å². The Kier molecular flexibility index (Phi) is 5.84. The van der Waals surface area contributed by atoms with Crippen molar-refractivity contribution in [3.8, 4) is 0 Å². The zero-order chi connectivity index (χ0) is 22.7. The maximum Gasteiger partial charge on any atom is 0.243 e. The van der Waals surface area contributed by atoms with E-state index in [1.165, 1.54) is 11.8 Å². The van der Waals surface area contributed by atoms with Crippen LogP contribution in [0, 0.1) is 0 Å². The Hall–Kier alpha value is -3.63. The fourth-order valence-corrected chi connectivity index (χ4v) is 5.28. The van der Waals surface area contributed by atoms with Crippen LogP contribution in [0.2, 0.25) is 0 Å². The highest BCUT2D eigenvalue weighted by Gasteiger charge is 2.52. The van der Waals surface area contributed by atoms with E-state index in [1.807, 2.05) is 103 Å². The number of aliphatic imine (C=N–C) groups is 1. The third-order valence-corrected chi connectivity index (χ3v) is 6.75. The Balaban J connectivity index is 1.87. The van der Waals surface area contributed by atoms with Crippen LogP contribution in [0.3, 0.4) is 0 Å². The van der Waals surface area contributed by atoms with Gasteiger partial charge in [-0.05, 0) is 35.1 Å². The third kappa shape index (κ3) is 3.66. The third-order valence-electron chi connectivity index (χ3n) is 6.11. The van der Waals surface area contributed by atoms with Crippen molar-refractivity contribution in [3.63, 3.8) is 0 Å². The highest BCUT2D eigenvalue weighted by Crippen LogP contribution is 2.50. The van der Waals surface area contributed by atoms with Crippen molar-refractivity contribution in [2.45, 2.75) is 11.5 Å². The number of carbonyl (C=O) groups is 1. The SMILES string of the molecule is CSC1=NC(c2ccccc2)(c2ccccc2)C(c2ccccc2)C(=O)N1c1ccccc1. The number of hydrogen-bond donors (Lipinski definition) is 0. The van der Waals surface area contributed by atoms with Gasteiger partial charge in [0.2, 0.25) is 5.91 Å². The highest BCUT2D eigenvalue weighted by molar-refractivity contribution is 8.13. The lowest BCUT2D eigenvalue weighted by Gasteiger charge is -2.45. The Morgan fingerprint density at radius 2 is 1.15 bits per heavy atom. The van der Waals surface area contributed by atoms with Gasteiger partial charge in [-0.1, -0.05) is 121 Å². The number of thioether (sulfide) groups is 1. The van der Waals surface area contributed by atoms with Crippen molar-refractivity contribution < 1.29 is 4.79 Å². The fraction of sp³-hybridized carbons (Fsp3) is 0.103. The predicted octanol–water partition coefficient (Wildman–Crippen LogP) is 6.48. The Bertz CT molecular complexity index is 1220. The first kappa shape index (κ1) is 21.2. The molecule has 3 nitrogen and oxygen atoms in total. The van der Waals surface area contributed by atoms with Crippen LogP contribution < -0.4 is 4.90 Å². The second-order valence-electron chi connectivity index (χ2n) is 7.95. The molecule has 0 saturated carbocycles. The van der Waals surface area contributed by atoms with Crippen molar-refractivity contribution in [2.24, 2.45) is 4.99 Å². The summed E-state index contributed by atoms with van der Waals surface area (Å²) < 4.78 is 0. The molecule has 162 valence electrons. The average molecular weight is 449 g/mol. The van der Waals surface area contributed by atoms with E-state index in [0.29, 0.717) is 5.17 Å². The second kappa shape index (κ2) is 9.08. The molecule has 0 radical (unpaired) electrons. The molecule has 0 saturated heterocycles. The summed E-state index contributed by atoms with van der Waals surface area (Å²) in [6, 6.07) is 40.2. The summed E-state index contributed by atoms with van der Waals surface area (Å²) >= 11 is 1.50. The maximum absolute atomic E-state index is 14.5. The van der Waals surface area contributed by atoms with Gasteiger partial charge in [-0.15, -0.1) is 0 Å². The molecule has 0 bridgehead atoms. The zero-order valence-electron chi connectivity index (χ0n) is 18.3. The molecule has 33 heavy (non-hydrogen) atoms. The van der Waals surface area contributed by atoms with Gasteiger partial charge in [-0.3, -0.25) is 9.69 Å². The first-order chi connectivity index (χ1) is 16.3. The molecule has 1 atom stereocenters. The predicted molar refractivity (Wildman–Crippen MR) is 138 cm³/mol. The number of benzene rings is 4. The Morgan fingerprint density at radius 1 is 0.697 bits per heavy atom. The van der Waals surface area contributed by atoms with E-state index < -0.39 is 11.5 Å². The number of nitrogens with zero attached hydrogens (tertiary/aromatic N) is 2. The van der Waals surface area contributed by atoms with Crippen LogP contribution in [0.15, 0.2) is 126 Å². The summed E-state index contributed by atoms with van der Waals surface area (Å²) in [7, 11) is 0. The molecule has 1 unspecified atom stereocenters. The van der Waals surface area contributed by atoms with Gasteiger partial charge in [0.1, 0.15) is 5.54 Å². The molecule has 4 aromatic rings. The number of rotatable bonds is 4. The highest BCUT2D eigenvalue weighted by atomic mass is 32.2. The van der Waals surface area contributed by atoms with Crippen molar-refractivity contribution in [3.05, 3.63) is 138 Å². The van der Waals surface area contributed by atoms with Crippen molar-refractivity contribution in [1.29, 1.82) is 0 Å². The lowest BCUT2D eigenvalue weighted by atomic mass is 9.69. The summed E-state index contributed by atoms with van der Waals surface area (Å²) in [4.78, 5) is 21.7. The summed E-state index contributed by atoms with van der Waals surface area (Å²) in [6.07, 6.45) is 1.98. The smallest absolute Gasteiger partial charge is 0.243 e. The molecule has 1 aliphatic heterocycles. The first-order valence-electron chi connectivity index (χ1n) is 10.9. The van der Waals surface area contributed by atoms with Crippen molar-refractivity contribution >= 4 is 28.5 Å². The molecule has 0 aliphatic carbocycles. The minimum absolute atomic E-state index is 0.0134. The number of amides is 1. The van der Waals surface area contributed by atoms with Gasteiger partial charge in [0.25, 0.3) is 0 Å². The summed E-state index contributed by atoms with van der Waals surface area (Å²) in [5.74, 6) is -0.515. The van der Waals surface area contributed by atoms with Crippen LogP contribution in [-0.2, 0) is 10.3 Å². The van der Waals surface area contributed by atoms with Gasteiger partial charge in [0.05, 0.1) is 11.6 Å². The number of anilines is 1. The quantitative estimate of drug-likeness (QED) is 0.358. The van der Waals surface area contributed by atoms with Crippen LogP contribution in [0.25, 0.3) is 0 Å². The molecule has 4 aromatic carbocycles. The summed E-state index contributed by atoms with van der Waals surface area (Å²) in [5, 5.41) is 0.686. The Labute approximate surface area is 198 Å². The van der Waals surface area contributed by atoms with Crippen LogP contribution in [0.5, 0.6) is 0 Å². The number of hydrogen-bond acceptors (Lipinski definition) is 3. The number of amidine groups is 1. The van der Waals surface area contributed by atoms with Gasteiger partial charge < -0.3 is 0 Å². The molecule has 0 fully saturated rings. The second-order valence-corrected chi connectivity index (χ2v) is 8.72. The molecule has 0 spiro atoms. The lowest BCUT2D eigenvalue weighted by molar-refractivity contribution is -0.120. The van der Waals surface area contributed by atoms with E-state index in [-0.39, 0.29) is 5.91 Å². The van der Waals surface area contributed by atoms with Crippen LogP contribution in [0.1, 0.15) is 22.6 Å². The number of para-hydroxylation sites is 1. The molecule has 0 aromatic heterocycles. The molecular formula is C29H24N2OS. The standard InChI is InChI=1S/C29H24N2OS/c1-33-28-30-29(23-16-8-3-9-17-23,24-18-10-4-11-19-24)26(22-14-6-2-7-15-22)27(32)31(28)25-20-12-5-13-21-25/h2-21,26H,1H3. The van der Waals surface area contributed by atoms with Gasteiger partial charge in [-0.2, -0.15) is 0 Å². The lowest BCUT2D eigenvalue weighted by Crippen LogP contribution is -2.52. The summed E-state index contributed by atoms with van der Waals surface area (Å²) in [6.45, 7) is 0. The van der Waals surface area contributed by atoms with Crippen LogP contribution in [-0.4, -0.2) is 17.3 Å². The first-order valence-corrected chi connectivity index (χ1v) is 12.2. The average Bonchev–Trinajstić information content (AvgIpc) is 2.90. The van der Waals surface area contributed by atoms with E-state index in [2.05, 4.69) is 24.3 Å². The Morgan fingerprint density at radius 3 is 1.64 bits per heavy atom. The minimum Gasteiger partial charge on any atom is -0.273 e. The van der Waals surface area contributed by atoms with E-state index in [4.69, 9.17) is 4.99 Å². The topological polar surface area (TPSA) is 32.7 Å². The van der Waals surface area contributed by atoms with Gasteiger partial charge >= 0.3 is 0 Å². The minimum atomic E-state index is -0.884. The fourth-order valence-electron chi connectivity index (χ4n) is 4.66. The van der Waals surface area contributed by atoms with Gasteiger partial charge in [-0.25, -0.2) is 4.99 Å². The van der Waals surface area contributed by atoms with E-state index in [1.54, 1.807) is 4.90 Å².